The molecule has 0 bridgehead atoms. The number of amides is 2. The van der Waals surface area contributed by atoms with Crippen LogP contribution in [0.2, 0.25) is 0 Å². The highest BCUT2D eigenvalue weighted by molar-refractivity contribution is 5.74. The van der Waals surface area contributed by atoms with Gasteiger partial charge < -0.3 is 25.0 Å². The Bertz CT molecular complexity index is 464. The molecule has 0 radical (unpaired) electrons. The van der Waals surface area contributed by atoms with Crippen molar-refractivity contribution < 1.29 is 14.6 Å². The molecule has 1 aromatic carbocycles. The summed E-state index contributed by atoms with van der Waals surface area (Å²) in [5, 5.41) is 11.5. The number of carbonyl (C=O) groups excluding carboxylic acids is 1. The van der Waals surface area contributed by atoms with Crippen LogP contribution >= 0.6 is 0 Å². The zero-order valence-corrected chi connectivity index (χ0v) is 13.1. The number of nitrogens with one attached hydrogen (secondary N) is 1. The summed E-state index contributed by atoms with van der Waals surface area (Å²) >= 11 is 0. The summed E-state index contributed by atoms with van der Waals surface area (Å²) in [6.45, 7) is 6.07. The number of aliphatic hydroxyl groups excluding tert-OH is 1. The van der Waals surface area contributed by atoms with Gasteiger partial charge in [-0.1, -0.05) is 0 Å². The van der Waals surface area contributed by atoms with Crippen molar-refractivity contribution in [3.63, 3.8) is 0 Å². The van der Waals surface area contributed by atoms with Crippen LogP contribution < -0.4 is 15.0 Å². The van der Waals surface area contributed by atoms with Gasteiger partial charge in [0, 0.05) is 38.4 Å². The van der Waals surface area contributed by atoms with E-state index < -0.39 is 0 Å². The number of urea groups is 1. The number of ether oxygens (including phenoxy) is 1. The van der Waals surface area contributed by atoms with Gasteiger partial charge in [-0.15, -0.1) is 0 Å². The van der Waals surface area contributed by atoms with Gasteiger partial charge in [0.25, 0.3) is 0 Å². The van der Waals surface area contributed by atoms with Crippen molar-refractivity contribution in [3.8, 4) is 5.75 Å². The van der Waals surface area contributed by atoms with E-state index in [-0.39, 0.29) is 12.6 Å². The van der Waals surface area contributed by atoms with Gasteiger partial charge >= 0.3 is 6.03 Å². The number of nitrogens with zero attached hydrogens (tertiary/aromatic N) is 2. The third-order valence-corrected chi connectivity index (χ3v) is 3.68. The highest BCUT2D eigenvalue weighted by atomic mass is 16.5. The summed E-state index contributed by atoms with van der Waals surface area (Å²) in [6.07, 6.45) is 0.930. The summed E-state index contributed by atoms with van der Waals surface area (Å²) in [6, 6.07) is 7.99. The average molecular weight is 307 g/mol. The van der Waals surface area contributed by atoms with E-state index in [0.29, 0.717) is 19.7 Å². The van der Waals surface area contributed by atoms with E-state index in [1.54, 1.807) is 0 Å². The second-order valence-electron chi connectivity index (χ2n) is 5.21. The molecule has 1 saturated heterocycles. The predicted octanol–water partition coefficient (Wildman–Crippen LogP) is 1.30. The molecule has 0 aliphatic carbocycles. The Kier molecular flexibility index (Phi) is 6.33. The predicted molar refractivity (Wildman–Crippen MR) is 86.5 cm³/mol. The molecule has 0 unspecified atom stereocenters. The number of benzene rings is 1. The summed E-state index contributed by atoms with van der Waals surface area (Å²) in [5.74, 6) is 0.881. The highest BCUT2D eigenvalue weighted by Gasteiger charge is 2.18. The highest BCUT2D eigenvalue weighted by Crippen LogP contribution is 2.20. The van der Waals surface area contributed by atoms with Crippen LogP contribution in [0.3, 0.4) is 0 Å². The van der Waals surface area contributed by atoms with Crippen LogP contribution in [0.15, 0.2) is 24.3 Å². The minimum Gasteiger partial charge on any atom is -0.494 e. The Morgan fingerprint density at radius 2 is 2.00 bits per heavy atom. The number of hydrogen-bond donors (Lipinski definition) is 2. The monoisotopic (exact) mass is 307 g/mol. The lowest BCUT2D eigenvalue weighted by molar-refractivity contribution is 0.197. The van der Waals surface area contributed by atoms with E-state index in [2.05, 4.69) is 22.3 Å². The lowest BCUT2D eigenvalue weighted by atomic mass is 10.2. The molecule has 6 heteroatoms. The van der Waals surface area contributed by atoms with Crippen molar-refractivity contribution in [1.29, 1.82) is 0 Å². The van der Waals surface area contributed by atoms with Crippen molar-refractivity contribution in [1.82, 2.24) is 10.2 Å². The summed E-state index contributed by atoms with van der Waals surface area (Å²) in [4.78, 5) is 16.0. The molecule has 6 nitrogen and oxygen atoms in total. The lowest BCUT2D eigenvalue weighted by Crippen LogP contribution is -2.42. The van der Waals surface area contributed by atoms with Crippen LogP contribution in [0.25, 0.3) is 0 Å². The maximum Gasteiger partial charge on any atom is 0.317 e. The SMILES string of the molecule is CCOc1ccc(N2CCCN(C(=O)NCCO)CC2)cc1. The molecule has 0 spiro atoms. The number of hydrogen-bond acceptors (Lipinski definition) is 4. The minimum absolute atomic E-state index is 0.0299. The molecular weight excluding hydrogens is 282 g/mol. The molecule has 1 aliphatic rings. The first kappa shape index (κ1) is 16.4. The van der Waals surface area contributed by atoms with Crippen molar-refractivity contribution in [2.45, 2.75) is 13.3 Å². The smallest absolute Gasteiger partial charge is 0.317 e. The number of carbonyl (C=O) groups is 1. The van der Waals surface area contributed by atoms with Crippen LogP contribution in [-0.2, 0) is 0 Å². The fraction of sp³-hybridized carbons (Fsp3) is 0.562. The molecule has 1 aromatic rings. The summed E-state index contributed by atoms with van der Waals surface area (Å²) in [7, 11) is 0. The normalized spacial score (nSPS) is 15.4. The van der Waals surface area contributed by atoms with Crippen LogP contribution in [0.5, 0.6) is 5.75 Å². The first-order valence-corrected chi connectivity index (χ1v) is 7.86. The van der Waals surface area contributed by atoms with E-state index in [4.69, 9.17) is 9.84 Å². The average Bonchev–Trinajstić information content (AvgIpc) is 2.80. The van der Waals surface area contributed by atoms with Gasteiger partial charge in [-0.05, 0) is 37.6 Å². The van der Waals surface area contributed by atoms with Crippen LogP contribution in [0, 0.1) is 0 Å². The van der Waals surface area contributed by atoms with Gasteiger partial charge in [0.2, 0.25) is 0 Å². The Morgan fingerprint density at radius 1 is 1.23 bits per heavy atom. The van der Waals surface area contributed by atoms with Gasteiger partial charge in [-0.3, -0.25) is 0 Å². The van der Waals surface area contributed by atoms with Gasteiger partial charge in [0.05, 0.1) is 13.2 Å². The number of rotatable bonds is 5. The van der Waals surface area contributed by atoms with E-state index in [1.807, 2.05) is 24.0 Å². The van der Waals surface area contributed by atoms with Gasteiger partial charge in [0.1, 0.15) is 5.75 Å². The number of anilines is 1. The molecule has 0 aromatic heterocycles. The first-order valence-electron chi connectivity index (χ1n) is 7.86. The van der Waals surface area contributed by atoms with Crippen molar-refractivity contribution in [2.24, 2.45) is 0 Å². The zero-order chi connectivity index (χ0) is 15.8. The molecule has 1 heterocycles. The standard InChI is InChI=1S/C16H25N3O3/c1-2-22-15-6-4-14(5-7-15)18-9-3-10-19(12-11-18)16(21)17-8-13-20/h4-7,20H,2-3,8-13H2,1H3,(H,17,21). The second-order valence-corrected chi connectivity index (χ2v) is 5.21. The molecule has 0 saturated carbocycles. The summed E-state index contributed by atoms with van der Waals surface area (Å²) < 4.78 is 5.46. The van der Waals surface area contributed by atoms with Gasteiger partial charge in [-0.25, -0.2) is 4.79 Å². The third-order valence-electron chi connectivity index (χ3n) is 3.68. The Labute approximate surface area is 131 Å². The molecule has 1 fully saturated rings. The van der Waals surface area contributed by atoms with Crippen molar-refractivity contribution >= 4 is 11.7 Å². The van der Waals surface area contributed by atoms with Crippen LogP contribution in [-0.4, -0.2) is 62.0 Å². The van der Waals surface area contributed by atoms with Crippen molar-refractivity contribution in [2.75, 3.05) is 50.8 Å². The van der Waals surface area contributed by atoms with Crippen molar-refractivity contribution in [3.05, 3.63) is 24.3 Å². The molecule has 2 N–H and O–H groups in total. The quantitative estimate of drug-likeness (QED) is 0.860. The number of aliphatic hydroxyl groups is 1. The Balaban J connectivity index is 1.90. The maximum absolute atomic E-state index is 11.9. The maximum atomic E-state index is 11.9. The van der Waals surface area contributed by atoms with Gasteiger partial charge in [-0.2, -0.15) is 0 Å². The second kappa shape index (κ2) is 8.48. The minimum atomic E-state index is -0.0948. The largest absolute Gasteiger partial charge is 0.494 e. The Hall–Kier alpha value is -1.95. The fourth-order valence-electron chi connectivity index (χ4n) is 2.57. The molecule has 2 rings (SSSR count). The molecule has 1 aliphatic heterocycles. The van der Waals surface area contributed by atoms with Crippen LogP contribution in [0.4, 0.5) is 10.5 Å². The molecule has 122 valence electrons. The third kappa shape index (κ3) is 4.53. The van der Waals surface area contributed by atoms with E-state index in [1.165, 1.54) is 0 Å². The summed E-state index contributed by atoms with van der Waals surface area (Å²) in [5.41, 5.74) is 1.15. The lowest BCUT2D eigenvalue weighted by Gasteiger charge is -2.24. The zero-order valence-electron chi connectivity index (χ0n) is 13.1. The van der Waals surface area contributed by atoms with E-state index >= 15 is 0 Å². The van der Waals surface area contributed by atoms with E-state index in [9.17, 15) is 4.79 Å². The molecular formula is C16H25N3O3. The molecule has 0 atom stereocenters. The van der Waals surface area contributed by atoms with E-state index in [0.717, 1.165) is 37.5 Å². The van der Waals surface area contributed by atoms with Crippen LogP contribution in [0.1, 0.15) is 13.3 Å². The van der Waals surface area contributed by atoms with Gasteiger partial charge in [0.15, 0.2) is 0 Å². The first-order chi connectivity index (χ1) is 10.7. The molecule has 2 amide bonds. The topological polar surface area (TPSA) is 65.0 Å². The Morgan fingerprint density at radius 3 is 2.68 bits per heavy atom. The molecule has 22 heavy (non-hydrogen) atoms. The fourth-order valence-corrected chi connectivity index (χ4v) is 2.57.